The van der Waals surface area contributed by atoms with Crippen molar-refractivity contribution in [3.8, 4) is 0 Å². The number of rotatable bonds is 5. The normalized spacial score (nSPS) is 11.6. The molecule has 0 spiro atoms. The minimum atomic E-state index is -1.34. The summed E-state index contributed by atoms with van der Waals surface area (Å²) in [6.45, 7) is -0.498. The average molecular weight is 386 g/mol. The zero-order valence-corrected chi connectivity index (χ0v) is 14.9. The lowest BCUT2D eigenvalue weighted by Crippen LogP contribution is -2.21. The molecule has 0 saturated carbocycles. The Morgan fingerprint density at radius 1 is 1.17 bits per heavy atom. The van der Waals surface area contributed by atoms with Gasteiger partial charge in [0, 0.05) is 11.3 Å². The molecule has 0 saturated heterocycles. The lowest BCUT2D eigenvalue weighted by atomic mass is 10.2. The van der Waals surface area contributed by atoms with Crippen LogP contribution in [-0.2, 0) is 20.3 Å². The van der Waals surface area contributed by atoms with Gasteiger partial charge in [-0.1, -0.05) is 35.3 Å². The number of hydrogen-bond donors (Lipinski definition) is 1. The highest BCUT2D eigenvalue weighted by Gasteiger charge is 2.16. The van der Waals surface area contributed by atoms with Crippen molar-refractivity contribution in [3.63, 3.8) is 0 Å². The number of hydrogen-bond acceptors (Lipinski definition) is 4. The molecule has 0 aromatic heterocycles. The Morgan fingerprint density at radius 2 is 1.88 bits per heavy atom. The minimum absolute atomic E-state index is 0.163. The fourth-order valence-electron chi connectivity index (χ4n) is 1.87. The Bertz CT molecular complexity index is 810. The number of carbonyl (C=O) groups excluding carboxylic acids is 2. The second-order valence-corrected chi connectivity index (χ2v) is 6.89. The first-order valence-corrected chi connectivity index (χ1v) is 9.04. The van der Waals surface area contributed by atoms with E-state index in [2.05, 4.69) is 5.32 Å². The fourth-order valence-corrected chi connectivity index (χ4v) is 3.06. The molecule has 2 aromatic rings. The number of benzene rings is 2. The van der Waals surface area contributed by atoms with Crippen molar-refractivity contribution >= 4 is 51.6 Å². The van der Waals surface area contributed by atoms with Gasteiger partial charge < -0.3 is 10.1 Å². The number of nitrogens with one attached hydrogen (secondary N) is 1. The zero-order valence-electron chi connectivity index (χ0n) is 12.5. The SMILES string of the molecule is C[S@](=O)c1ccccc1C(=O)OCC(=O)Nc1ccc(Cl)cc1Cl. The van der Waals surface area contributed by atoms with Crippen LogP contribution in [0.2, 0.25) is 10.0 Å². The van der Waals surface area contributed by atoms with E-state index in [9.17, 15) is 13.8 Å². The summed E-state index contributed by atoms with van der Waals surface area (Å²) in [6.07, 6.45) is 1.46. The first kappa shape index (κ1) is 18.4. The molecule has 24 heavy (non-hydrogen) atoms. The largest absolute Gasteiger partial charge is 0.452 e. The van der Waals surface area contributed by atoms with Gasteiger partial charge in [-0.15, -0.1) is 0 Å². The molecular weight excluding hydrogens is 373 g/mol. The van der Waals surface area contributed by atoms with Crippen molar-refractivity contribution < 1.29 is 18.5 Å². The molecule has 0 heterocycles. The Labute approximate surface area is 151 Å². The van der Waals surface area contributed by atoms with E-state index in [1.165, 1.54) is 18.4 Å². The van der Waals surface area contributed by atoms with Crippen molar-refractivity contribution in [2.75, 3.05) is 18.2 Å². The van der Waals surface area contributed by atoms with Crippen LogP contribution in [0, 0.1) is 0 Å². The maximum atomic E-state index is 12.1. The van der Waals surface area contributed by atoms with Gasteiger partial charge in [0.2, 0.25) is 0 Å². The van der Waals surface area contributed by atoms with E-state index in [0.29, 0.717) is 15.6 Å². The summed E-state index contributed by atoms with van der Waals surface area (Å²) in [4.78, 5) is 24.3. The quantitative estimate of drug-likeness (QED) is 0.798. The summed E-state index contributed by atoms with van der Waals surface area (Å²) in [5, 5.41) is 3.23. The van der Waals surface area contributed by atoms with Gasteiger partial charge in [0.25, 0.3) is 5.91 Å². The first-order chi connectivity index (χ1) is 11.4. The number of amides is 1. The van der Waals surface area contributed by atoms with Crippen LogP contribution >= 0.6 is 23.2 Å². The Hall–Kier alpha value is -1.89. The standard InChI is InChI=1S/C16H13Cl2NO4S/c1-24(22)14-5-3-2-4-11(14)16(21)23-9-15(20)19-13-7-6-10(17)8-12(13)18/h2-8H,9H2,1H3,(H,19,20)/t24-/m0/s1. The highest BCUT2D eigenvalue weighted by molar-refractivity contribution is 7.84. The summed E-state index contributed by atoms with van der Waals surface area (Å²) in [6, 6.07) is 11.0. The van der Waals surface area contributed by atoms with E-state index in [1.807, 2.05) is 0 Å². The summed E-state index contributed by atoms with van der Waals surface area (Å²) < 4.78 is 16.6. The molecule has 0 bridgehead atoms. The molecule has 0 fully saturated rings. The van der Waals surface area contributed by atoms with E-state index >= 15 is 0 Å². The molecule has 0 radical (unpaired) electrons. The number of anilines is 1. The molecule has 8 heteroatoms. The van der Waals surface area contributed by atoms with Gasteiger partial charge in [0.15, 0.2) is 6.61 Å². The van der Waals surface area contributed by atoms with Crippen LogP contribution in [0.4, 0.5) is 5.69 Å². The zero-order chi connectivity index (χ0) is 17.7. The molecule has 0 aliphatic rings. The molecule has 2 aromatic carbocycles. The van der Waals surface area contributed by atoms with E-state index in [-0.39, 0.29) is 10.6 Å². The summed E-state index contributed by atoms with van der Waals surface area (Å²) in [5.74, 6) is -1.28. The van der Waals surface area contributed by atoms with Gasteiger partial charge in [0.05, 0.1) is 32.0 Å². The number of carbonyl (C=O) groups is 2. The van der Waals surface area contributed by atoms with Crippen LogP contribution in [0.1, 0.15) is 10.4 Å². The van der Waals surface area contributed by atoms with Crippen molar-refractivity contribution in [1.29, 1.82) is 0 Å². The monoisotopic (exact) mass is 385 g/mol. The van der Waals surface area contributed by atoms with Crippen molar-refractivity contribution in [1.82, 2.24) is 0 Å². The highest BCUT2D eigenvalue weighted by atomic mass is 35.5. The highest BCUT2D eigenvalue weighted by Crippen LogP contribution is 2.25. The molecule has 126 valence electrons. The minimum Gasteiger partial charge on any atom is -0.452 e. The van der Waals surface area contributed by atoms with Crippen LogP contribution in [-0.4, -0.2) is 28.9 Å². The van der Waals surface area contributed by atoms with Gasteiger partial charge in [-0.05, 0) is 30.3 Å². The molecule has 5 nitrogen and oxygen atoms in total. The molecule has 0 aliphatic heterocycles. The Kier molecular flexibility index (Phi) is 6.36. The second-order valence-electron chi connectivity index (χ2n) is 4.70. The maximum absolute atomic E-state index is 12.1. The second kappa shape index (κ2) is 8.28. The van der Waals surface area contributed by atoms with Crippen molar-refractivity contribution in [3.05, 3.63) is 58.1 Å². The Morgan fingerprint density at radius 3 is 2.54 bits per heavy atom. The Balaban J connectivity index is 1.99. The first-order valence-electron chi connectivity index (χ1n) is 6.73. The summed E-state index contributed by atoms with van der Waals surface area (Å²) in [7, 11) is -1.34. The predicted octanol–water partition coefficient (Wildman–Crippen LogP) is 3.53. The fraction of sp³-hybridized carbons (Fsp3) is 0.125. The van der Waals surface area contributed by atoms with Gasteiger partial charge in [-0.2, -0.15) is 0 Å². The third-order valence-electron chi connectivity index (χ3n) is 2.96. The summed E-state index contributed by atoms with van der Waals surface area (Å²) in [5.41, 5.74) is 0.521. The van der Waals surface area contributed by atoms with Crippen LogP contribution in [0.25, 0.3) is 0 Å². The molecule has 1 atom stereocenters. The van der Waals surface area contributed by atoms with E-state index in [4.69, 9.17) is 27.9 Å². The van der Waals surface area contributed by atoms with Gasteiger partial charge in [-0.3, -0.25) is 9.00 Å². The predicted molar refractivity (Wildman–Crippen MR) is 94.1 cm³/mol. The third kappa shape index (κ3) is 4.80. The van der Waals surface area contributed by atoms with E-state index in [1.54, 1.807) is 30.3 Å². The van der Waals surface area contributed by atoms with Crippen LogP contribution < -0.4 is 5.32 Å². The van der Waals surface area contributed by atoms with E-state index < -0.39 is 29.3 Å². The molecule has 1 amide bonds. The number of esters is 1. The number of ether oxygens (including phenoxy) is 1. The average Bonchev–Trinajstić information content (AvgIpc) is 2.55. The molecule has 0 aliphatic carbocycles. The molecule has 2 rings (SSSR count). The van der Waals surface area contributed by atoms with Crippen LogP contribution in [0.5, 0.6) is 0 Å². The van der Waals surface area contributed by atoms with Gasteiger partial charge >= 0.3 is 5.97 Å². The smallest absolute Gasteiger partial charge is 0.339 e. The van der Waals surface area contributed by atoms with E-state index in [0.717, 1.165) is 0 Å². The maximum Gasteiger partial charge on any atom is 0.339 e. The molecule has 1 N–H and O–H groups in total. The van der Waals surface area contributed by atoms with Gasteiger partial charge in [-0.25, -0.2) is 4.79 Å². The lowest BCUT2D eigenvalue weighted by molar-refractivity contribution is -0.119. The molecular formula is C16H13Cl2NO4S. The summed E-state index contributed by atoms with van der Waals surface area (Å²) >= 11 is 11.7. The number of halogens is 2. The van der Waals surface area contributed by atoms with Crippen LogP contribution in [0.15, 0.2) is 47.4 Å². The van der Waals surface area contributed by atoms with Gasteiger partial charge in [0.1, 0.15) is 0 Å². The lowest BCUT2D eigenvalue weighted by Gasteiger charge is -2.09. The van der Waals surface area contributed by atoms with Crippen LogP contribution in [0.3, 0.4) is 0 Å². The van der Waals surface area contributed by atoms with Crippen molar-refractivity contribution in [2.45, 2.75) is 4.90 Å². The van der Waals surface area contributed by atoms with Crippen molar-refractivity contribution in [2.24, 2.45) is 0 Å². The topological polar surface area (TPSA) is 72.5 Å². The third-order valence-corrected chi connectivity index (χ3v) is 4.48. The molecule has 0 unspecified atom stereocenters.